The summed E-state index contributed by atoms with van der Waals surface area (Å²) in [6, 6.07) is 0.904. The molecular weight excluding hydrogens is 220 g/mol. The van der Waals surface area contributed by atoms with Gasteiger partial charge in [-0.3, -0.25) is 0 Å². The van der Waals surface area contributed by atoms with Crippen LogP contribution in [-0.4, -0.2) is 37.1 Å². The van der Waals surface area contributed by atoms with E-state index in [2.05, 4.69) is 10.2 Å². The summed E-state index contributed by atoms with van der Waals surface area (Å²) in [7, 11) is 0. The van der Waals surface area contributed by atoms with Crippen molar-refractivity contribution in [3.63, 3.8) is 0 Å². The Morgan fingerprint density at radius 1 is 0.611 bits per heavy atom. The molecule has 0 aromatic rings. The van der Waals surface area contributed by atoms with Gasteiger partial charge in [0, 0.05) is 6.04 Å². The second-order valence-corrected chi connectivity index (χ2v) is 6.20. The van der Waals surface area contributed by atoms with Crippen molar-refractivity contribution in [1.82, 2.24) is 10.2 Å². The van der Waals surface area contributed by atoms with Gasteiger partial charge in [-0.25, -0.2) is 0 Å². The van der Waals surface area contributed by atoms with Gasteiger partial charge in [0.1, 0.15) is 0 Å². The zero-order valence-electron chi connectivity index (χ0n) is 12.1. The molecule has 0 radical (unpaired) electrons. The van der Waals surface area contributed by atoms with Crippen molar-refractivity contribution >= 4 is 0 Å². The maximum absolute atomic E-state index is 3.56. The van der Waals surface area contributed by atoms with Crippen molar-refractivity contribution in [3.8, 4) is 0 Å². The predicted molar refractivity (Wildman–Crippen MR) is 79.0 cm³/mol. The molecule has 18 heavy (non-hydrogen) atoms. The van der Waals surface area contributed by atoms with Gasteiger partial charge in [-0.05, 0) is 58.3 Å². The Balaban J connectivity index is 1.83. The zero-order chi connectivity index (χ0) is 12.5. The van der Waals surface area contributed by atoms with Crippen molar-refractivity contribution in [1.29, 1.82) is 0 Å². The molecule has 2 rings (SSSR count). The molecule has 2 aliphatic rings. The lowest BCUT2D eigenvalue weighted by atomic mass is 10.0. The van der Waals surface area contributed by atoms with Crippen LogP contribution in [0.1, 0.15) is 70.6 Å². The Labute approximate surface area is 114 Å². The Bertz CT molecular complexity index is 163. The summed E-state index contributed by atoms with van der Waals surface area (Å²) < 4.78 is 0. The van der Waals surface area contributed by atoms with E-state index in [0.29, 0.717) is 0 Å². The van der Waals surface area contributed by atoms with Crippen LogP contribution in [-0.2, 0) is 0 Å². The van der Waals surface area contributed by atoms with Gasteiger partial charge in [0.15, 0.2) is 0 Å². The second kappa shape index (κ2) is 8.92. The molecule has 0 amide bonds. The van der Waals surface area contributed by atoms with Crippen molar-refractivity contribution in [3.05, 3.63) is 0 Å². The van der Waals surface area contributed by atoms with Crippen molar-refractivity contribution < 1.29 is 0 Å². The third-order valence-electron chi connectivity index (χ3n) is 4.69. The molecule has 2 heteroatoms. The van der Waals surface area contributed by atoms with Crippen LogP contribution in [0.15, 0.2) is 0 Å². The van der Waals surface area contributed by atoms with Gasteiger partial charge < -0.3 is 10.2 Å². The molecule has 2 nitrogen and oxygen atoms in total. The molecule has 0 aromatic heterocycles. The Hall–Kier alpha value is -0.0800. The minimum Gasteiger partial charge on any atom is -0.317 e. The van der Waals surface area contributed by atoms with Crippen LogP contribution in [0.2, 0.25) is 0 Å². The standard InChI is InChI=1S/C16H32N2/c1-2-4-6-11-16(10-5-3-1)18-14-8-7-12-17-13-9-15-18/h16-17H,1-15H2. The van der Waals surface area contributed by atoms with Gasteiger partial charge in [0.25, 0.3) is 0 Å². The van der Waals surface area contributed by atoms with Crippen LogP contribution >= 0.6 is 0 Å². The van der Waals surface area contributed by atoms with E-state index in [1.54, 1.807) is 0 Å². The molecule has 1 saturated carbocycles. The third kappa shape index (κ3) is 5.27. The van der Waals surface area contributed by atoms with Crippen molar-refractivity contribution in [2.45, 2.75) is 76.7 Å². The van der Waals surface area contributed by atoms with Crippen LogP contribution in [0.4, 0.5) is 0 Å². The highest BCUT2D eigenvalue weighted by molar-refractivity contribution is 4.75. The summed E-state index contributed by atoms with van der Waals surface area (Å²) in [5.74, 6) is 0. The maximum Gasteiger partial charge on any atom is 0.00952 e. The first-order valence-electron chi connectivity index (χ1n) is 8.41. The summed E-state index contributed by atoms with van der Waals surface area (Å²) in [6.07, 6.45) is 15.9. The monoisotopic (exact) mass is 252 g/mol. The molecule has 0 unspecified atom stereocenters. The summed E-state index contributed by atoms with van der Waals surface area (Å²) in [6.45, 7) is 5.14. The Morgan fingerprint density at radius 3 is 2.00 bits per heavy atom. The smallest absolute Gasteiger partial charge is 0.00952 e. The molecule has 2 fully saturated rings. The van der Waals surface area contributed by atoms with Crippen LogP contribution in [0.3, 0.4) is 0 Å². The van der Waals surface area contributed by atoms with Crippen molar-refractivity contribution in [2.24, 2.45) is 0 Å². The molecule has 1 aliphatic heterocycles. The van der Waals surface area contributed by atoms with Crippen LogP contribution in [0.25, 0.3) is 0 Å². The first-order valence-corrected chi connectivity index (χ1v) is 8.41. The quantitative estimate of drug-likeness (QED) is 0.767. The largest absolute Gasteiger partial charge is 0.317 e. The summed E-state index contributed by atoms with van der Waals surface area (Å²) in [5.41, 5.74) is 0. The zero-order valence-corrected chi connectivity index (χ0v) is 12.1. The fourth-order valence-electron chi connectivity index (χ4n) is 3.55. The highest BCUT2D eigenvalue weighted by Gasteiger charge is 2.18. The van der Waals surface area contributed by atoms with E-state index < -0.39 is 0 Å². The highest BCUT2D eigenvalue weighted by Crippen LogP contribution is 2.21. The molecule has 1 heterocycles. The number of rotatable bonds is 1. The minimum atomic E-state index is 0.904. The van der Waals surface area contributed by atoms with Gasteiger partial charge in [0.2, 0.25) is 0 Å². The molecule has 0 bridgehead atoms. The number of nitrogens with one attached hydrogen (secondary N) is 1. The lowest BCUT2D eigenvalue weighted by Crippen LogP contribution is -2.37. The summed E-state index contributed by atoms with van der Waals surface area (Å²) >= 11 is 0. The Morgan fingerprint density at radius 2 is 1.22 bits per heavy atom. The summed E-state index contributed by atoms with van der Waals surface area (Å²) in [4.78, 5) is 2.83. The molecule has 1 N–H and O–H groups in total. The first kappa shape index (κ1) is 14.3. The lowest BCUT2D eigenvalue weighted by Gasteiger charge is -2.31. The van der Waals surface area contributed by atoms with E-state index in [9.17, 15) is 0 Å². The van der Waals surface area contributed by atoms with E-state index in [1.807, 2.05) is 0 Å². The fourth-order valence-corrected chi connectivity index (χ4v) is 3.55. The van der Waals surface area contributed by atoms with Crippen LogP contribution in [0, 0.1) is 0 Å². The van der Waals surface area contributed by atoms with Gasteiger partial charge in [-0.15, -0.1) is 0 Å². The van der Waals surface area contributed by atoms with Crippen molar-refractivity contribution in [2.75, 3.05) is 26.2 Å². The Kier molecular flexibility index (Phi) is 7.11. The van der Waals surface area contributed by atoms with E-state index >= 15 is 0 Å². The lowest BCUT2D eigenvalue weighted by molar-refractivity contribution is 0.171. The average molecular weight is 252 g/mol. The third-order valence-corrected chi connectivity index (χ3v) is 4.69. The van der Waals surface area contributed by atoms with E-state index in [-0.39, 0.29) is 0 Å². The number of nitrogens with zero attached hydrogens (tertiary/aromatic N) is 1. The summed E-state index contributed by atoms with van der Waals surface area (Å²) in [5, 5.41) is 3.56. The fraction of sp³-hybridized carbons (Fsp3) is 1.00. The van der Waals surface area contributed by atoms with E-state index in [1.165, 1.54) is 96.8 Å². The first-order chi connectivity index (χ1) is 8.97. The van der Waals surface area contributed by atoms with E-state index in [0.717, 1.165) is 6.04 Å². The molecule has 0 aromatic carbocycles. The van der Waals surface area contributed by atoms with Gasteiger partial charge in [0.05, 0.1) is 0 Å². The molecule has 0 atom stereocenters. The minimum absolute atomic E-state index is 0.904. The number of hydrogen-bond donors (Lipinski definition) is 1. The SMILES string of the molecule is C1CCCCC(N2CCCCNCCC2)CCC1. The van der Waals surface area contributed by atoms with Crippen LogP contribution in [0.5, 0.6) is 0 Å². The molecule has 1 saturated heterocycles. The molecule has 106 valence electrons. The van der Waals surface area contributed by atoms with Gasteiger partial charge in [-0.2, -0.15) is 0 Å². The topological polar surface area (TPSA) is 15.3 Å². The molecule has 0 spiro atoms. The predicted octanol–water partition coefficient (Wildman–Crippen LogP) is 3.56. The number of hydrogen-bond acceptors (Lipinski definition) is 2. The molecule has 1 aliphatic carbocycles. The van der Waals surface area contributed by atoms with Gasteiger partial charge >= 0.3 is 0 Å². The second-order valence-electron chi connectivity index (χ2n) is 6.20. The maximum atomic E-state index is 3.56. The average Bonchev–Trinajstić information content (AvgIpc) is 2.61. The van der Waals surface area contributed by atoms with Crippen LogP contribution < -0.4 is 5.32 Å². The molecular formula is C16H32N2. The highest BCUT2D eigenvalue weighted by atomic mass is 15.2. The van der Waals surface area contributed by atoms with E-state index in [4.69, 9.17) is 0 Å². The van der Waals surface area contributed by atoms with Gasteiger partial charge in [-0.1, -0.05) is 38.5 Å². The normalized spacial score (nSPS) is 27.3.